The van der Waals surface area contributed by atoms with Crippen LogP contribution in [0.4, 0.5) is 11.6 Å². The van der Waals surface area contributed by atoms with Gasteiger partial charge in [0.05, 0.1) is 23.9 Å². The normalized spacial score (nSPS) is 16.6. The molecule has 34 heavy (non-hydrogen) atoms. The molecular formula is C17H24N10O5S2. The minimum absolute atomic E-state index is 0.00823. The number of nitrogens with two attached hydrogens (primary N) is 2. The quantitative estimate of drug-likeness (QED) is 0.205. The zero-order chi connectivity index (χ0) is 24.5. The topological polar surface area (TPSA) is 228 Å². The number of sulfonamides is 2. The van der Waals surface area contributed by atoms with Gasteiger partial charge in [0.2, 0.25) is 31.8 Å². The van der Waals surface area contributed by atoms with Crippen molar-refractivity contribution in [3.05, 3.63) is 24.5 Å². The molecule has 4 rings (SSSR count). The molecule has 0 saturated carbocycles. The number of hydrogen-bond donors (Lipinski definition) is 5. The number of tetrazole rings is 1. The van der Waals surface area contributed by atoms with Crippen molar-refractivity contribution in [3.63, 3.8) is 0 Å². The van der Waals surface area contributed by atoms with Crippen molar-refractivity contribution in [2.45, 2.75) is 28.7 Å². The van der Waals surface area contributed by atoms with Crippen LogP contribution in [0.3, 0.4) is 0 Å². The average molecular weight is 513 g/mol. The van der Waals surface area contributed by atoms with Crippen molar-refractivity contribution in [1.29, 1.82) is 0 Å². The van der Waals surface area contributed by atoms with Crippen LogP contribution in [0.25, 0.3) is 11.4 Å². The third-order valence-corrected chi connectivity index (χ3v) is 8.01. The molecule has 1 atom stereocenters. The van der Waals surface area contributed by atoms with Crippen molar-refractivity contribution in [2.75, 3.05) is 31.1 Å². The van der Waals surface area contributed by atoms with Crippen LogP contribution in [-0.4, -0.2) is 78.4 Å². The third-order valence-electron chi connectivity index (χ3n) is 5.39. The highest BCUT2D eigenvalue weighted by Crippen LogP contribution is 2.42. The highest BCUT2D eigenvalue weighted by atomic mass is 32.2. The predicted octanol–water partition coefficient (Wildman–Crippen LogP) is -1.59. The van der Waals surface area contributed by atoms with Gasteiger partial charge in [-0.25, -0.2) is 31.7 Å². The average Bonchev–Trinajstić information content (AvgIpc) is 3.49. The zero-order valence-electron chi connectivity index (χ0n) is 17.9. The Labute approximate surface area is 195 Å². The van der Waals surface area contributed by atoms with Gasteiger partial charge in [-0.1, -0.05) is 0 Å². The lowest BCUT2D eigenvalue weighted by Crippen LogP contribution is -2.34. The number of imidazole rings is 1. The Morgan fingerprint density at radius 1 is 1.26 bits per heavy atom. The highest BCUT2D eigenvalue weighted by molar-refractivity contribution is 7.92. The fourth-order valence-electron chi connectivity index (χ4n) is 3.87. The number of primary sulfonamides is 1. The number of rotatable bonds is 9. The van der Waals surface area contributed by atoms with Gasteiger partial charge in [0, 0.05) is 25.5 Å². The summed E-state index contributed by atoms with van der Waals surface area (Å²) in [5.41, 5.74) is 5.55. The zero-order valence-corrected chi connectivity index (χ0v) is 19.5. The van der Waals surface area contributed by atoms with E-state index in [4.69, 9.17) is 10.9 Å². The lowest BCUT2D eigenvalue weighted by atomic mass is 10.1. The maximum Gasteiger partial charge on any atom is 0.241 e. The summed E-state index contributed by atoms with van der Waals surface area (Å²) in [6.07, 6.45) is 4.10. The number of aromatic nitrogens is 6. The third kappa shape index (κ3) is 4.40. The summed E-state index contributed by atoms with van der Waals surface area (Å²) in [5.74, 6) is 0.257. The van der Waals surface area contributed by atoms with Crippen LogP contribution in [0.1, 0.15) is 18.9 Å². The molecule has 0 radical (unpaired) electrons. The van der Waals surface area contributed by atoms with E-state index < -0.39 is 29.8 Å². The van der Waals surface area contributed by atoms with Crippen molar-refractivity contribution in [1.82, 2.24) is 34.9 Å². The first-order valence-electron chi connectivity index (χ1n) is 10.2. The van der Waals surface area contributed by atoms with Crippen molar-refractivity contribution < 1.29 is 21.9 Å². The van der Waals surface area contributed by atoms with E-state index in [0.717, 1.165) is 6.07 Å². The molecule has 0 amide bonds. The Hall–Kier alpha value is -2.96. The first kappa shape index (κ1) is 24.2. The van der Waals surface area contributed by atoms with Crippen molar-refractivity contribution in [3.8, 4) is 11.4 Å². The molecule has 1 aliphatic rings. The van der Waals surface area contributed by atoms with E-state index in [2.05, 4.69) is 30.3 Å². The molecule has 0 fully saturated rings. The number of nitrogens with one attached hydrogen (secondary N) is 2. The molecular weight excluding hydrogens is 488 g/mol. The summed E-state index contributed by atoms with van der Waals surface area (Å²) in [4.78, 5) is 4.80. The van der Waals surface area contributed by atoms with Gasteiger partial charge in [0.1, 0.15) is 9.79 Å². The van der Waals surface area contributed by atoms with Gasteiger partial charge in [0.25, 0.3) is 0 Å². The molecule has 0 spiro atoms. The molecule has 3 aromatic rings. The van der Waals surface area contributed by atoms with Crippen molar-refractivity contribution >= 4 is 31.7 Å². The summed E-state index contributed by atoms with van der Waals surface area (Å²) in [6.45, 7) is 0.489. The smallest absolute Gasteiger partial charge is 0.241 e. The molecule has 17 heteroatoms. The van der Waals surface area contributed by atoms with Crippen LogP contribution in [0.2, 0.25) is 0 Å². The lowest BCUT2D eigenvalue weighted by molar-refractivity contribution is 0.217. The number of H-pyrrole nitrogens is 1. The molecule has 1 aromatic carbocycles. The van der Waals surface area contributed by atoms with Gasteiger partial charge >= 0.3 is 0 Å². The maximum absolute atomic E-state index is 13.0. The standard InChI is InChI=1S/C17H24N10O5S2/c18-5-1-6-21-34(31,32)13-3-2-12(14(15(13)33(19,29)30)16-22-24-25-23-16)27-8-4-11(10-28)26-9-7-20-17(26)27/h2-3,7,9,11,21,28H,1,4-6,8,10,18H2,(H2,19,29,30)(H,22,23,24,25)/t11-/m1/s1. The van der Waals surface area contributed by atoms with E-state index in [1.807, 2.05) is 0 Å². The molecule has 3 heterocycles. The number of anilines is 2. The molecule has 15 nitrogen and oxygen atoms in total. The SMILES string of the molecule is NCCCNS(=O)(=O)c1ccc(N2CC[C@H](CO)n3ccnc32)c(-c2nn[nH]n2)c1S(N)(=O)=O. The number of hydrogen-bond acceptors (Lipinski definition) is 11. The second kappa shape index (κ2) is 9.35. The number of benzene rings is 1. The lowest BCUT2D eigenvalue weighted by Gasteiger charge is -2.34. The molecule has 1 aliphatic heterocycles. The first-order chi connectivity index (χ1) is 16.2. The van der Waals surface area contributed by atoms with E-state index in [0.29, 0.717) is 25.3 Å². The van der Waals surface area contributed by atoms with Crippen LogP contribution < -0.4 is 20.5 Å². The number of nitrogens with zero attached hydrogens (tertiary/aromatic N) is 6. The Kier molecular flexibility index (Phi) is 6.65. The molecule has 2 aromatic heterocycles. The number of aliphatic hydroxyl groups is 1. The van der Waals surface area contributed by atoms with Gasteiger partial charge in [-0.05, 0) is 36.7 Å². The number of fused-ring (bicyclic) bond motifs is 1. The van der Waals surface area contributed by atoms with Crippen LogP contribution in [0.5, 0.6) is 0 Å². The minimum Gasteiger partial charge on any atom is -0.394 e. The van der Waals surface area contributed by atoms with Crippen LogP contribution in [0, 0.1) is 0 Å². The van der Waals surface area contributed by atoms with Crippen molar-refractivity contribution in [2.24, 2.45) is 10.9 Å². The second-order valence-electron chi connectivity index (χ2n) is 7.52. The van der Waals surface area contributed by atoms with Gasteiger partial charge in [-0.3, -0.25) is 0 Å². The fourth-order valence-corrected chi connectivity index (χ4v) is 6.53. The van der Waals surface area contributed by atoms with E-state index in [9.17, 15) is 21.9 Å². The summed E-state index contributed by atoms with van der Waals surface area (Å²) in [7, 11) is -8.90. The van der Waals surface area contributed by atoms with E-state index >= 15 is 0 Å². The molecule has 0 saturated heterocycles. The number of aromatic amines is 1. The Balaban J connectivity index is 1.97. The predicted molar refractivity (Wildman–Crippen MR) is 120 cm³/mol. The van der Waals surface area contributed by atoms with Gasteiger partial charge in [0.15, 0.2) is 0 Å². The number of aliphatic hydroxyl groups excluding tert-OH is 1. The molecule has 184 valence electrons. The monoisotopic (exact) mass is 512 g/mol. The highest BCUT2D eigenvalue weighted by Gasteiger charge is 2.35. The van der Waals surface area contributed by atoms with Gasteiger partial charge in [-0.15, -0.1) is 10.2 Å². The maximum atomic E-state index is 13.0. The van der Waals surface area contributed by atoms with E-state index in [1.165, 1.54) is 6.07 Å². The van der Waals surface area contributed by atoms with Crippen LogP contribution >= 0.6 is 0 Å². The largest absolute Gasteiger partial charge is 0.394 e. The molecule has 0 bridgehead atoms. The molecule has 7 N–H and O–H groups in total. The van der Waals surface area contributed by atoms with Gasteiger partial charge in [-0.2, -0.15) is 5.21 Å². The summed E-state index contributed by atoms with van der Waals surface area (Å²) in [6, 6.07) is 2.39. The summed E-state index contributed by atoms with van der Waals surface area (Å²) < 4.78 is 55.7. The van der Waals surface area contributed by atoms with E-state index in [-0.39, 0.29) is 42.8 Å². The summed E-state index contributed by atoms with van der Waals surface area (Å²) >= 11 is 0. The van der Waals surface area contributed by atoms with Gasteiger partial charge < -0.3 is 20.3 Å². The fraction of sp³-hybridized carbons (Fsp3) is 0.412. The minimum atomic E-state index is -4.60. The first-order valence-corrected chi connectivity index (χ1v) is 13.3. The van der Waals surface area contributed by atoms with E-state index in [1.54, 1.807) is 21.9 Å². The van der Waals surface area contributed by atoms with Crippen LogP contribution in [-0.2, 0) is 20.0 Å². The summed E-state index contributed by atoms with van der Waals surface area (Å²) in [5, 5.41) is 28.8. The molecule has 0 unspecified atom stereocenters. The molecule has 0 aliphatic carbocycles. The second-order valence-corrected chi connectivity index (χ2v) is 10.8. The van der Waals surface area contributed by atoms with Crippen LogP contribution in [0.15, 0.2) is 34.3 Å². The Bertz CT molecular complexity index is 1370. The Morgan fingerprint density at radius 2 is 2.06 bits per heavy atom. The Morgan fingerprint density at radius 3 is 2.71 bits per heavy atom.